The fourth-order valence-corrected chi connectivity index (χ4v) is 3.02. The van der Waals surface area contributed by atoms with Gasteiger partial charge in [-0.3, -0.25) is 14.2 Å². The average molecular weight is 378 g/mol. The van der Waals surface area contributed by atoms with Gasteiger partial charge in [0.1, 0.15) is 6.54 Å². The molecule has 1 amide bonds. The number of carbonyl (C=O) groups excluding carboxylic acids is 2. The number of carbonyl (C=O) groups is 2. The van der Waals surface area contributed by atoms with Crippen LogP contribution in [0.15, 0.2) is 59.4 Å². The number of aromatic nitrogens is 1. The van der Waals surface area contributed by atoms with Crippen LogP contribution in [0.4, 0.5) is 5.69 Å². The van der Waals surface area contributed by atoms with Crippen molar-refractivity contribution < 1.29 is 14.3 Å². The van der Waals surface area contributed by atoms with Crippen molar-refractivity contribution in [2.24, 2.45) is 0 Å². The molecule has 0 aliphatic carbocycles. The molecule has 0 aliphatic rings. The zero-order chi connectivity index (χ0) is 20.3. The Kier molecular flexibility index (Phi) is 5.59. The highest BCUT2D eigenvalue weighted by Gasteiger charge is 2.13. The quantitative estimate of drug-likeness (QED) is 0.689. The lowest BCUT2D eigenvalue weighted by atomic mass is 10.1. The number of nitrogens with one attached hydrogen (secondary N) is 1. The van der Waals surface area contributed by atoms with Gasteiger partial charge >= 0.3 is 5.97 Å². The van der Waals surface area contributed by atoms with Crippen molar-refractivity contribution >= 4 is 28.5 Å². The fraction of sp³-hybridized carbons (Fsp3) is 0.227. The number of hydrogen-bond acceptors (Lipinski definition) is 4. The molecule has 1 heterocycles. The predicted octanol–water partition coefficient (Wildman–Crippen LogP) is 3.51. The number of ether oxygens (including phenoxy) is 1. The summed E-state index contributed by atoms with van der Waals surface area (Å²) >= 11 is 0. The van der Waals surface area contributed by atoms with Crippen LogP contribution in [-0.4, -0.2) is 22.5 Å². The maximum Gasteiger partial charge on any atom is 0.338 e. The molecular formula is C22H22N2O4. The third kappa shape index (κ3) is 4.28. The van der Waals surface area contributed by atoms with Crippen molar-refractivity contribution in [2.75, 3.05) is 5.32 Å². The van der Waals surface area contributed by atoms with Crippen molar-refractivity contribution in [3.05, 3.63) is 76.1 Å². The standard InChI is InChI=1S/C22H22N2O4/c1-14(2)28-22(27)16-7-6-8-17(12-16)23-20(25)13-24-19-10-5-4-9-18(19)15(3)11-21(24)26/h4-12,14H,13H2,1-3H3,(H,23,25). The smallest absolute Gasteiger partial charge is 0.338 e. The molecular weight excluding hydrogens is 356 g/mol. The predicted molar refractivity (Wildman–Crippen MR) is 109 cm³/mol. The Balaban J connectivity index is 1.81. The first-order chi connectivity index (χ1) is 13.3. The number of esters is 1. The molecule has 0 spiro atoms. The molecule has 2 aromatic carbocycles. The van der Waals surface area contributed by atoms with E-state index in [1.165, 1.54) is 10.6 Å². The minimum absolute atomic E-state index is 0.125. The van der Waals surface area contributed by atoms with Crippen LogP contribution in [0.3, 0.4) is 0 Å². The first kappa shape index (κ1) is 19.4. The van der Waals surface area contributed by atoms with Gasteiger partial charge in [-0.1, -0.05) is 24.3 Å². The number of pyridine rings is 1. The molecule has 0 fully saturated rings. The van der Waals surface area contributed by atoms with Crippen LogP contribution in [0, 0.1) is 6.92 Å². The number of benzene rings is 2. The minimum Gasteiger partial charge on any atom is -0.459 e. The summed E-state index contributed by atoms with van der Waals surface area (Å²) in [6.07, 6.45) is -0.229. The molecule has 0 radical (unpaired) electrons. The maximum atomic E-state index is 12.5. The summed E-state index contributed by atoms with van der Waals surface area (Å²) in [5.74, 6) is -0.808. The van der Waals surface area contributed by atoms with E-state index in [4.69, 9.17) is 4.74 Å². The Bertz CT molecular complexity index is 1100. The molecule has 3 aromatic rings. The zero-order valence-electron chi connectivity index (χ0n) is 16.1. The van der Waals surface area contributed by atoms with E-state index in [1.807, 2.05) is 31.2 Å². The van der Waals surface area contributed by atoms with Crippen LogP contribution in [-0.2, 0) is 16.1 Å². The molecule has 0 saturated heterocycles. The van der Waals surface area contributed by atoms with Gasteiger partial charge in [0, 0.05) is 17.1 Å². The Labute approximate surface area is 162 Å². The van der Waals surface area contributed by atoms with Crippen LogP contribution in [0.1, 0.15) is 29.8 Å². The van der Waals surface area contributed by atoms with E-state index in [0.29, 0.717) is 16.8 Å². The van der Waals surface area contributed by atoms with Crippen LogP contribution < -0.4 is 10.9 Å². The van der Waals surface area contributed by atoms with E-state index in [1.54, 1.807) is 38.1 Å². The highest BCUT2D eigenvalue weighted by atomic mass is 16.5. The minimum atomic E-state index is -0.452. The van der Waals surface area contributed by atoms with Gasteiger partial charge in [0.25, 0.3) is 5.56 Å². The molecule has 144 valence electrons. The maximum absolute atomic E-state index is 12.5. The lowest BCUT2D eigenvalue weighted by molar-refractivity contribution is -0.116. The summed E-state index contributed by atoms with van der Waals surface area (Å²) in [5, 5.41) is 3.66. The van der Waals surface area contributed by atoms with Gasteiger partial charge in [-0.15, -0.1) is 0 Å². The number of hydrogen-bond donors (Lipinski definition) is 1. The van der Waals surface area contributed by atoms with E-state index in [9.17, 15) is 14.4 Å². The number of fused-ring (bicyclic) bond motifs is 1. The Hall–Kier alpha value is -3.41. The van der Waals surface area contributed by atoms with Crippen molar-refractivity contribution in [3.63, 3.8) is 0 Å². The van der Waals surface area contributed by atoms with E-state index < -0.39 is 5.97 Å². The molecule has 3 rings (SSSR count). The van der Waals surface area contributed by atoms with Crippen molar-refractivity contribution in [3.8, 4) is 0 Å². The number of anilines is 1. The van der Waals surface area contributed by atoms with Gasteiger partial charge < -0.3 is 10.1 Å². The second kappa shape index (κ2) is 8.08. The topological polar surface area (TPSA) is 77.4 Å². The lowest BCUT2D eigenvalue weighted by Crippen LogP contribution is -2.28. The Morgan fingerprint density at radius 3 is 2.57 bits per heavy atom. The van der Waals surface area contributed by atoms with E-state index in [2.05, 4.69) is 5.32 Å². The van der Waals surface area contributed by atoms with Gasteiger partial charge in [0.2, 0.25) is 5.91 Å². The molecule has 6 heteroatoms. The van der Waals surface area contributed by atoms with Crippen molar-refractivity contribution in [1.82, 2.24) is 4.57 Å². The highest BCUT2D eigenvalue weighted by molar-refractivity contribution is 5.95. The number of amides is 1. The molecule has 0 saturated carbocycles. The third-order valence-corrected chi connectivity index (χ3v) is 4.25. The van der Waals surface area contributed by atoms with Gasteiger partial charge in [0.15, 0.2) is 0 Å². The van der Waals surface area contributed by atoms with Gasteiger partial charge in [-0.25, -0.2) is 4.79 Å². The summed E-state index contributed by atoms with van der Waals surface area (Å²) in [7, 11) is 0. The van der Waals surface area contributed by atoms with Gasteiger partial charge in [0.05, 0.1) is 17.2 Å². The Morgan fingerprint density at radius 1 is 1.07 bits per heavy atom. The largest absolute Gasteiger partial charge is 0.459 e. The van der Waals surface area contributed by atoms with Gasteiger partial charge in [-0.05, 0) is 50.6 Å². The summed E-state index contributed by atoms with van der Waals surface area (Å²) in [6.45, 7) is 5.29. The Morgan fingerprint density at radius 2 is 1.82 bits per heavy atom. The van der Waals surface area contributed by atoms with Gasteiger partial charge in [-0.2, -0.15) is 0 Å². The molecule has 0 unspecified atom stereocenters. The molecule has 0 bridgehead atoms. The lowest BCUT2D eigenvalue weighted by Gasteiger charge is -2.13. The summed E-state index contributed by atoms with van der Waals surface area (Å²) in [4.78, 5) is 37.0. The average Bonchev–Trinajstić information content (AvgIpc) is 2.65. The second-order valence-electron chi connectivity index (χ2n) is 6.85. The number of rotatable bonds is 5. The van der Waals surface area contributed by atoms with Crippen LogP contribution in [0.25, 0.3) is 10.9 Å². The zero-order valence-corrected chi connectivity index (χ0v) is 16.1. The molecule has 0 aliphatic heterocycles. The van der Waals surface area contributed by atoms with Crippen LogP contribution in [0.5, 0.6) is 0 Å². The summed E-state index contributed by atoms with van der Waals surface area (Å²) < 4.78 is 6.61. The van der Waals surface area contributed by atoms with Crippen molar-refractivity contribution in [1.29, 1.82) is 0 Å². The normalized spacial score (nSPS) is 10.9. The molecule has 0 atom stereocenters. The van der Waals surface area contributed by atoms with Crippen LogP contribution >= 0.6 is 0 Å². The summed E-state index contributed by atoms with van der Waals surface area (Å²) in [5.41, 5.74) is 2.16. The number of nitrogens with zero attached hydrogens (tertiary/aromatic N) is 1. The number of para-hydroxylation sites is 1. The third-order valence-electron chi connectivity index (χ3n) is 4.25. The van der Waals surface area contributed by atoms with Crippen molar-refractivity contribution in [2.45, 2.75) is 33.4 Å². The molecule has 28 heavy (non-hydrogen) atoms. The van der Waals surface area contributed by atoms with E-state index in [0.717, 1.165) is 10.9 Å². The molecule has 1 N–H and O–H groups in total. The second-order valence-corrected chi connectivity index (χ2v) is 6.85. The van der Waals surface area contributed by atoms with E-state index >= 15 is 0 Å². The SMILES string of the molecule is Cc1cc(=O)n(CC(=O)Nc2cccc(C(=O)OC(C)C)c2)c2ccccc12. The highest BCUT2D eigenvalue weighted by Crippen LogP contribution is 2.16. The number of aryl methyl sites for hydroxylation is 1. The fourth-order valence-electron chi connectivity index (χ4n) is 3.02. The first-order valence-electron chi connectivity index (χ1n) is 9.05. The van der Waals surface area contributed by atoms with E-state index in [-0.39, 0.29) is 24.1 Å². The first-order valence-corrected chi connectivity index (χ1v) is 9.05. The monoisotopic (exact) mass is 378 g/mol. The van der Waals surface area contributed by atoms with Crippen LogP contribution in [0.2, 0.25) is 0 Å². The summed E-state index contributed by atoms with van der Waals surface area (Å²) in [6, 6.07) is 15.5. The molecule has 1 aromatic heterocycles. The molecule has 6 nitrogen and oxygen atoms in total.